The molecule has 2 amide bonds. The number of benzene rings is 1. The van der Waals surface area contributed by atoms with Crippen LogP contribution in [0.4, 0.5) is 0 Å². The number of hydrogen-bond donors (Lipinski definition) is 0. The lowest BCUT2D eigenvalue weighted by molar-refractivity contribution is -0.131. The number of pyridine rings is 1. The normalized spacial score (nSPS) is 17.2. The van der Waals surface area contributed by atoms with Crippen molar-refractivity contribution in [1.82, 2.24) is 14.8 Å². The number of aromatic nitrogens is 1. The molecule has 2 aliphatic rings. The number of nitrogens with zero attached hydrogens (tertiary/aromatic N) is 3. The smallest absolute Gasteiger partial charge is 0.254 e. The molecule has 0 unspecified atom stereocenters. The monoisotopic (exact) mass is 437 g/mol. The molecule has 32 heavy (non-hydrogen) atoms. The highest BCUT2D eigenvalue weighted by Gasteiger charge is 2.25. The molecule has 2 fully saturated rings. The van der Waals surface area contributed by atoms with Crippen molar-refractivity contribution < 1.29 is 19.1 Å². The Morgan fingerprint density at radius 3 is 2.56 bits per heavy atom. The topological polar surface area (TPSA) is 72.0 Å². The third kappa shape index (κ3) is 6.07. The zero-order chi connectivity index (χ0) is 22.2. The minimum atomic E-state index is -0.0146. The minimum Gasteiger partial charge on any atom is -0.494 e. The Bertz CT molecular complexity index is 891. The second-order valence-electron chi connectivity index (χ2n) is 8.43. The van der Waals surface area contributed by atoms with Gasteiger partial charge in [0.1, 0.15) is 5.75 Å². The maximum Gasteiger partial charge on any atom is 0.254 e. The lowest BCUT2D eigenvalue weighted by atomic mass is 9.97. The van der Waals surface area contributed by atoms with Crippen LogP contribution in [0, 0.1) is 5.92 Å². The van der Waals surface area contributed by atoms with Crippen molar-refractivity contribution in [1.29, 1.82) is 0 Å². The van der Waals surface area contributed by atoms with Crippen LogP contribution in [0.1, 0.15) is 35.2 Å². The van der Waals surface area contributed by atoms with Crippen LogP contribution < -0.4 is 4.74 Å². The molecule has 0 bridgehead atoms. The van der Waals surface area contributed by atoms with Gasteiger partial charge in [0.05, 0.1) is 13.0 Å². The molecule has 0 atom stereocenters. The van der Waals surface area contributed by atoms with Gasteiger partial charge >= 0.3 is 0 Å². The number of ether oxygens (including phenoxy) is 2. The summed E-state index contributed by atoms with van der Waals surface area (Å²) in [4.78, 5) is 33.2. The van der Waals surface area contributed by atoms with Gasteiger partial charge in [-0.25, -0.2) is 0 Å². The van der Waals surface area contributed by atoms with Gasteiger partial charge in [0, 0.05) is 57.3 Å². The minimum absolute atomic E-state index is 0.0146. The summed E-state index contributed by atoms with van der Waals surface area (Å²) in [5, 5.41) is 0. The highest BCUT2D eigenvalue weighted by atomic mass is 16.5. The third-order valence-corrected chi connectivity index (χ3v) is 6.21. The first kappa shape index (κ1) is 22.3. The van der Waals surface area contributed by atoms with Crippen LogP contribution in [0.15, 0.2) is 48.8 Å². The summed E-state index contributed by atoms with van der Waals surface area (Å²) in [6, 6.07) is 11.2. The lowest BCUT2D eigenvalue weighted by Crippen LogP contribution is -2.51. The zero-order valence-corrected chi connectivity index (χ0v) is 18.4. The van der Waals surface area contributed by atoms with Crippen molar-refractivity contribution in [2.45, 2.75) is 25.7 Å². The van der Waals surface area contributed by atoms with E-state index in [9.17, 15) is 9.59 Å². The first-order valence-corrected chi connectivity index (χ1v) is 11.5. The van der Waals surface area contributed by atoms with Crippen LogP contribution in [0.25, 0.3) is 0 Å². The molecule has 170 valence electrons. The van der Waals surface area contributed by atoms with E-state index >= 15 is 0 Å². The molecule has 7 nitrogen and oxygen atoms in total. The predicted molar refractivity (Wildman–Crippen MR) is 121 cm³/mol. The van der Waals surface area contributed by atoms with Gasteiger partial charge in [-0.2, -0.15) is 0 Å². The van der Waals surface area contributed by atoms with Gasteiger partial charge < -0.3 is 19.3 Å². The molecular formula is C25H31N3O4. The van der Waals surface area contributed by atoms with Crippen LogP contribution in [-0.2, 0) is 16.0 Å². The second kappa shape index (κ2) is 11.1. The average Bonchev–Trinajstić information content (AvgIpc) is 2.85. The number of carbonyl (C=O) groups excluding carboxylic acids is 2. The second-order valence-corrected chi connectivity index (χ2v) is 8.43. The zero-order valence-electron chi connectivity index (χ0n) is 18.4. The fraction of sp³-hybridized carbons (Fsp3) is 0.480. The van der Waals surface area contributed by atoms with Crippen molar-refractivity contribution >= 4 is 11.8 Å². The molecule has 1 aromatic heterocycles. The maximum atomic E-state index is 13.0. The van der Waals surface area contributed by atoms with Gasteiger partial charge in [-0.3, -0.25) is 14.6 Å². The van der Waals surface area contributed by atoms with Gasteiger partial charge in [-0.05, 0) is 55.0 Å². The van der Waals surface area contributed by atoms with Crippen LogP contribution in [0.2, 0.25) is 0 Å². The van der Waals surface area contributed by atoms with Crippen molar-refractivity contribution in [3.63, 3.8) is 0 Å². The molecule has 4 rings (SSSR count). The summed E-state index contributed by atoms with van der Waals surface area (Å²) < 4.78 is 11.3. The fourth-order valence-corrected chi connectivity index (χ4v) is 4.23. The molecule has 0 radical (unpaired) electrons. The Morgan fingerprint density at radius 1 is 1.03 bits per heavy atom. The van der Waals surface area contributed by atoms with Gasteiger partial charge in [-0.15, -0.1) is 0 Å². The van der Waals surface area contributed by atoms with E-state index in [0.29, 0.717) is 50.7 Å². The highest BCUT2D eigenvalue weighted by Crippen LogP contribution is 2.21. The summed E-state index contributed by atoms with van der Waals surface area (Å²) in [5.74, 6) is 1.45. The van der Waals surface area contributed by atoms with Crippen LogP contribution in [0.5, 0.6) is 5.75 Å². The van der Waals surface area contributed by atoms with Crippen LogP contribution in [0.3, 0.4) is 0 Å². The Balaban J connectivity index is 1.24. The van der Waals surface area contributed by atoms with E-state index in [4.69, 9.17) is 9.47 Å². The van der Waals surface area contributed by atoms with Crippen molar-refractivity contribution in [3.8, 4) is 5.75 Å². The molecular weight excluding hydrogens is 406 g/mol. The summed E-state index contributed by atoms with van der Waals surface area (Å²) in [6.45, 7) is 4.51. The first-order chi connectivity index (χ1) is 15.7. The number of amides is 2. The van der Waals surface area contributed by atoms with Gasteiger partial charge in [0.25, 0.3) is 5.91 Å². The molecule has 2 saturated heterocycles. The van der Waals surface area contributed by atoms with Gasteiger partial charge in [0.2, 0.25) is 5.91 Å². The fourth-order valence-electron chi connectivity index (χ4n) is 4.23. The molecule has 7 heteroatoms. The molecule has 0 spiro atoms. The Kier molecular flexibility index (Phi) is 7.72. The van der Waals surface area contributed by atoms with E-state index in [1.54, 1.807) is 12.4 Å². The van der Waals surface area contributed by atoms with Gasteiger partial charge in [-0.1, -0.05) is 12.1 Å². The lowest BCUT2D eigenvalue weighted by Gasteiger charge is -2.35. The highest BCUT2D eigenvalue weighted by molar-refractivity contribution is 5.94. The molecule has 1 aromatic carbocycles. The van der Waals surface area contributed by atoms with E-state index in [1.807, 2.05) is 46.2 Å². The Labute approximate surface area is 189 Å². The van der Waals surface area contributed by atoms with Crippen LogP contribution >= 0.6 is 0 Å². The largest absolute Gasteiger partial charge is 0.494 e. The quantitative estimate of drug-likeness (QED) is 0.666. The molecule has 2 aliphatic heterocycles. The number of rotatable bonds is 7. The molecule has 2 aromatic rings. The molecule has 0 aliphatic carbocycles. The van der Waals surface area contributed by atoms with Crippen LogP contribution in [-0.4, -0.2) is 72.6 Å². The van der Waals surface area contributed by atoms with Gasteiger partial charge in [0.15, 0.2) is 0 Å². The number of carbonyl (C=O) groups is 2. The number of piperazine rings is 1. The Hall–Kier alpha value is -2.93. The Morgan fingerprint density at radius 2 is 1.81 bits per heavy atom. The van der Waals surface area contributed by atoms with Crippen molar-refractivity contribution in [2.75, 3.05) is 46.0 Å². The molecule has 0 N–H and O–H groups in total. The SMILES string of the molecule is O=C(Cc1cccnc1)N1CCN(C(=O)c2cccc(OCCC3CCOCC3)c2)CC1. The molecule has 3 heterocycles. The summed E-state index contributed by atoms with van der Waals surface area (Å²) in [7, 11) is 0. The molecule has 0 saturated carbocycles. The van der Waals surface area contributed by atoms with E-state index < -0.39 is 0 Å². The van der Waals surface area contributed by atoms with Crippen molar-refractivity contribution in [2.24, 2.45) is 5.92 Å². The van der Waals surface area contributed by atoms with E-state index in [2.05, 4.69) is 4.98 Å². The average molecular weight is 438 g/mol. The summed E-state index contributed by atoms with van der Waals surface area (Å²) >= 11 is 0. The predicted octanol–water partition coefficient (Wildman–Crippen LogP) is 2.80. The van der Waals surface area contributed by atoms with Crippen molar-refractivity contribution in [3.05, 3.63) is 59.9 Å². The van der Waals surface area contributed by atoms with E-state index in [1.165, 1.54) is 0 Å². The maximum absolute atomic E-state index is 13.0. The third-order valence-electron chi connectivity index (χ3n) is 6.21. The standard InChI is InChI=1S/C25H31N3O4/c29-24(17-21-3-2-9-26-19-21)27-10-12-28(13-11-27)25(30)22-4-1-5-23(18-22)32-16-8-20-6-14-31-15-7-20/h1-5,9,18-20H,6-8,10-17H2. The van der Waals surface area contributed by atoms with E-state index in [-0.39, 0.29) is 11.8 Å². The summed E-state index contributed by atoms with van der Waals surface area (Å²) in [5.41, 5.74) is 1.54. The first-order valence-electron chi connectivity index (χ1n) is 11.5. The summed E-state index contributed by atoms with van der Waals surface area (Å²) in [6.07, 6.45) is 6.96. The van der Waals surface area contributed by atoms with E-state index in [0.717, 1.165) is 43.8 Å². The number of hydrogen-bond acceptors (Lipinski definition) is 5.